The summed E-state index contributed by atoms with van der Waals surface area (Å²) < 4.78 is 0. The van der Waals surface area contributed by atoms with Crippen molar-refractivity contribution < 1.29 is 4.84 Å². The molecular weight excluding hydrogens is 162 g/mol. The standard InChI is InChI=1S/C11H21NO/c1-4-6-9(2)11-8-5-7-10(3)12-13-11/h5,8-12H,4,6-7H2,1-3H3/t9-,10-,11+/m1/s1. The van der Waals surface area contributed by atoms with Gasteiger partial charge < -0.3 is 0 Å². The summed E-state index contributed by atoms with van der Waals surface area (Å²) in [4.78, 5) is 5.59. The lowest BCUT2D eigenvalue weighted by Gasteiger charge is -2.20. The summed E-state index contributed by atoms with van der Waals surface area (Å²) in [5.41, 5.74) is 3.07. The molecule has 0 fully saturated rings. The molecule has 0 unspecified atom stereocenters. The molecule has 1 heterocycles. The van der Waals surface area contributed by atoms with Gasteiger partial charge in [0.25, 0.3) is 0 Å². The van der Waals surface area contributed by atoms with Gasteiger partial charge in [0.15, 0.2) is 0 Å². The minimum Gasteiger partial charge on any atom is -0.294 e. The predicted octanol–water partition coefficient (Wildman–Crippen LogP) is 2.66. The van der Waals surface area contributed by atoms with E-state index in [9.17, 15) is 0 Å². The Balaban J connectivity index is 2.41. The Morgan fingerprint density at radius 2 is 2.38 bits per heavy atom. The molecule has 0 aromatic heterocycles. The fourth-order valence-corrected chi connectivity index (χ4v) is 1.62. The maximum absolute atomic E-state index is 5.59. The summed E-state index contributed by atoms with van der Waals surface area (Å²) in [6.07, 6.45) is 8.19. The molecule has 0 aromatic carbocycles. The Bertz CT molecular complexity index is 167. The predicted molar refractivity (Wildman–Crippen MR) is 55.3 cm³/mol. The van der Waals surface area contributed by atoms with Gasteiger partial charge in [-0.2, -0.15) is 5.48 Å². The minimum absolute atomic E-state index is 0.255. The lowest BCUT2D eigenvalue weighted by atomic mass is 9.99. The Morgan fingerprint density at radius 1 is 1.62 bits per heavy atom. The van der Waals surface area contributed by atoms with Crippen LogP contribution in [-0.4, -0.2) is 12.1 Å². The molecule has 2 nitrogen and oxygen atoms in total. The van der Waals surface area contributed by atoms with Crippen LogP contribution < -0.4 is 5.48 Å². The van der Waals surface area contributed by atoms with E-state index in [0.717, 1.165) is 6.42 Å². The number of nitrogens with one attached hydrogen (secondary N) is 1. The van der Waals surface area contributed by atoms with Crippen LogP contribution in [-0.2, 0) is 4.84 Å². The molecule has 0 aliphatic carbocycles. The fraction of sp³-hybridized carbons (Fsp3) is 0.818. The van der Waals surface area contributed by atoms with Gasteiger partial charge in [-0.25, -0.2) is 0 Å². The molecule has 0 bridgehead atoms. The maximum atomic E-state index is 5.59. The van der Waals surface area contributed by atoms with Crippen molar-refractivity contribution in [3.63, 3.8) is 0 Å². The van der Waals surface area contributed by atoms with E-state index < -0.39 is 0 Å². The van der Waals surface area contributed by atoms with Crippen molar-refractivity contribution in [2.75, 3.05) is 0 Å². The summed E-state index contributed by atoms with van der Waals surface area (Å²) in [6.45, 7) is 6.60. The zero-order valence-electron chi connectivity index (χ0n) is 8.92. The minimum atomic E-state index is 0.255. The van der Waals surface area contributed by atoms with Gasteiger partial charge in [0, 0.05) is 6.04 Å². The second-order valence-electron chi connectivity index (χ2n) is 4.03. The van der Waals surface area contributed by atoms with Crippen molar-refractivity contribution in [1.29, 1.82) is 0 Å². The van der Waals surface area contributed by atoms with E-state index in [1.165, 1.54) is 12.8 Å². The smallest absolute Gasteiger partial charge is 0.0996 e. The Labute approximate surface area is 81.3 Å². The first kappa shape index (κ1) is 10.7. The third-order valence-electron chi connectivity index (χ3n) is 2.53. The molecule has 0 saturated carbocycles. The number of hydrogen-bond donors (Lipinski definition) is 1. The molecular formula is C11H21NO. The summed E-state index contributed by atoms with van der Waals surface area (Å²) in [5, 5.41) is 0. The molecule has 76 valence electrons. The first-order valence-corrected chi connectivity index (χ1v) is 5.32. The van der Waals surface area contributed by atoms with Crippen LogP contribution in [0.25, 0.3) is 0 Å². The lowest BCUT2D eigenvalue weighted by molar-refractivity contribution is -0.0374. The molecule has 3 atom stereocenters. The molecule has 0 saturated heterocycles. The van der Waals surface area contributed by atoms with Crippen LogP contribution in [0.3, 0.4) is 0 Å². The van der Waals surface area contributed by atoms with E-state index in [1.54, 1.807) is 0 Å². The van der Waals surface area contributed by atoms with Gasteiger partial charge in [0.05, 0.1) is 6.10 Å². The average molecular weight is 183 g/mol. The van der Waals surface area contributed by atoms with Gasteiger partial charge in [-0.05, 0) is 25.7 Å². The second kappa shape index (κ2) is 5.40. The van der Waals surface area contributed by atoms with Crippen LogP contribution >= 0.6 is 0 Å². The third kappa shape index (κ3) is 3.49. The summed E-state index contributed by atoms with van der Waals surface area (Å²) in [5.74, 6) is 0.610. The van der Waals surface area contributed by atoms with Crippen molar-refractivity contribution >= 4 is 0 Å². The zero-order valence-corrected chi connectivity index (χ0v) is 8.92. The first-order chi connectivity index (χ1) is 6.24. The highest BCUT2D eigenvalue weighted by Crippen LogP contribution is 2.16. The highest BCUT2D eigenvalue weighted by molar-refractivity contribution is 4.95. The van der Waals surface area contributed by atoms with E-state index in [-0.39, 0.29) is 6.10 Å². The molecule has 1 N–H and O–H groups in total. The average Bonchev–Trinajstić information content (AvgIpc) is 2.30. The summed E-state index contributed by atoms with van der Waals surface area (Å²) >= 11 is 0. The van der Waals surface area contributed by atoms with E-state index in [1.807, 2.05) is 0 Å². The van der Waals surface area contributed by atoms with Gasteiger partial charge in [-0.15, -0.1) is 0 Å². The number of rotatable bonds is 3. The Kier molecular flexibility index (Phi) is 4.46. The van der Waals surface area contributed by atoms with Crippen molar-refractivity contribution in [2.45, 2.75) is 52.2 Å². The quantitative estimate of drug-likeness (QED) is 0.679. The van der Waals surface area contributed by atoms with Crippen LogP contribution in [0.1, 0.15) is 40.0 Å². The molecule has 1 aliphatic heterocycles. The van der Waals surface area contributed by atoms with Crippen molar-refractivity contribution in [3.05, 3.63) is 12.2 Å². The molecule has 0 amide bonds. The Hall–Kier alpha value is -0.340. The number of hydroxylamine groups is 1. The van der Waals surface area contributed by atoms with Gasteiger partial charge >= 0.3 is 0 Å². The fourth-order valence-electron chi connectivity index (χ4n) is 1.62. The lowest BCUT2D eigenvalue weighted by Crippen LogP contribution is -2.31. The van der Waals surface area contributed by atoms with E-state index in [0.29, 0.717) is 12.0 Å². The van der Waals surface area contributed by atoms with E-state index >= 15 is 0 Å². The summed E-state index contributed by atoms with van der Waals surface area (Å²) in [6, 6.07) is 0.440. The van der Waals surface area contributed by atoms with Gasteiger partial charge in [-0.1, -0.05) is 32.4 Å². The molecule has 2 heteroatoms. The van der Waals surface area contributed by atoms with E-state index in [2.05, 4.69) is 38.4 Å². The third-order valence-corrected chi connectivity index (χ3v) is 2.53. The van der Waals surface area contributed by atoms with Gasteiger partial charge in [-0.3, -0.25) is 4.84 Å². The topological polar surface area (TPSA) is 21.3 Å². The molecule has 0 radical (unpaired) electrons. The SMILES string of the molecule is CCC[C@@H](C)[C@@H]1C=CC[C@@H](C)NO1. The van der Waals surface area contributed by atoms with Crippen LogP contribution in [0.2, 0.25) is 0 Å². The van der Waals surface area contributed by atoms with Crippen LogP contribution in [0, 0.1) is 5.92 Å². The monoisotopic (exact) mass is 183 g/mol. The molecule has 1 aliphatic rings. The molecule has 13 heavy (non-hydrogen) atoms. The van der Waals surface area contributed by atoms with Crippen molar-refractivity contribution in [1.82, 2.24) is 5.48 Å². The molecule has 1 rings (SSSR count). The van der Waals surface area contributed by atoms with Crippen molar-refractivity contribution in [2.24, 2.45) is 5.92 Å². The normalized spacial score (nSPS) is 31.3. The number of hydrogen-bond acceptors (Lipinski definition) is 2. The molecule has 0 spiro atoms. The second-order valence-corrected chi connectivity index (χ2v) is 4.03. The maximum Gasteiger partial charge on any atom is 0.0996 e. The highest BCUT2D eigenvalue weighted by Gasteiger charge is 2.17. The highest BCUT2D eigenvalue weighted by atomic mass is 16.7. The first-order valence-electron chi connectivity index (χ1n) is 5.32. The zero-order chi connectivity index (χ0) is 9.68. The van der Waals surface area contributed by atoms with Crippen LogP contribution in [0.15, 0.2) is 12.2 Å². The molecule has 0 aromatic rings. The van der Waals surface area contributed by atoms with Gasteiger partial charge in [0.1, 0.15) is 0 Å². The largest absolute Gasteiger partial charge is 0.294 e. The van der Waals surface area contributed by atoms with Gasteiger partial charge in [0.2, 0.25) is 0 Å². The Morgan fingerprint density at radius 3 is 3.08 bits per heavy atom. The summed E-state index contributed by atoms with van der Waals surface area (Å²) in [7, 11) is 0. The van der Waals surface area contributed by atoms with Crippen LogP contribution in [0.5, 0.6) is 0 Å². The van der Waals surface area contributed by atoms with Crippen LogP contribution in [0.4, 0.5) is 0 Å². The van der Waals surface area contributed by atoms with Crippen molar-refractivity contribution in [3.8, 4) is 0 Å². The van der Waals surface area contributed by atoms with E-state index in [4.69, 9.17) is 4.84 Å².